The van der Waals surface area contributed by atoms with Gasteiger partial charge >= 0.3 is 6.18 Å². The SMILES string of the molecule is Cc1ccc(C(=O)NC[C@@H]2CCCO2)c(C2CCN(Cc3ccccc3C(F)(F)F)CC2)n1. The number of aryl methyl sites for hydroxylation is 1. The molecule has 2 saturated heterocycles. The fourth-order valence-corrected chi connectivity index (χ4v) is 4.73. The average Bonchev–Trinajstić information content (AvgIpc) is 3.31. The maximum absolute atomic E-state index is 13.3. The van der Waals surface area contributed by atoms with Crippen LogP contribution in [-0.4, -0.2) is 48.1 Å². The summed E-state index contributed by atoms with van der Waals surface area (Å²) < 4.78 is 45.6. The lowest BCUT2D eigenvalue weighted by Gasteiger charge is -2.33. The van der Waals surface area contributed by atoms with Crippen molar-refractivity contribution in [3.8, 4) is 0 Å². The van der Waals surface area contributed by atoms with Gasteiger partial charge in [-0.05, 0) is 69.5 Å². The molecule has 8 heteroatoms. The van der Waals surface area contributed by atoms with E-state index in [9.17, 15) is 18.0 Å². The van der Waals surface area contributed by atoms with Crippen LogP contribution < -0.4 is 5.32 Å². The van der Waals surface area contributed by atoms with Crippen molar-refractivity contribution < 1.29 is 22.7 Å². The van der Waals surface area contributed by atoms with Crippen LogP contribution in [0, 0.1) is 6.92 Å². The smallest absolute Gasteiger partial charge is 0.376 e. The van der Waals surface area contributed by atoms with Gasteiger partial charge in [-0.3, -0.25) is 14.7 Å². The summed E-state index contributed by atoms with van der Waals surface area (Å²) in [5, 5.41) is 2.98. The number of likely N-dealkylation sites (tertiary alicyclic amines) is 1. The molecule has 2 aliphatic heterocycles. The van der Waals surface area contributed by atoms with Crippen LogP contribution in [0.15, 0.2) is 36.4 Å². The normalized spacial score (nSPS) is 20.2. The van der Waals surface area contributed by atoms with Crippen LogP contribution >= 0.6 is 0 Å². The maximum atomic E-state index is 13.3. The maximum Gasteiger partial charge on any atom is 0.416 e. The Morgan fingerprint density at radius 2 is 1.91 bits per heavy atom. The third-order valence-corrected chi connectivity index (χ3v) is 6.51. The molecule has 0 saturated carbocycles. The second kappa shape index (κ2) is 10.2. The molecular weight excluding hydrogens is 431 g/mol. The molecule has 0 spiro atoms. The van der Waals surface area contributed by atoms with E-state index in [1.54, 1.807) is 12.1 Å². The van der Waals surface area contributed by atoms with Crippen molar-refractivity contribution in [1.29, 1.82) is 0 Å². The minimum Gasteiger partial charge on any atom is -0.376 e. The first-order valence-electron chi connectivity index (χ1n) is 11.6. The van der Waals surface area contributed by atoms with E-state index in [-0.39, 0.29) is 24.5 Å². The fourth-order valence-electron chi connectivity index (χ4n) is 4.73. The molecule has 1 aromatic heterocycles. The zero-order valence-electron chi connectivity index (χ0n) is 18.8. The Morgan fingerprint density at radius 1 is 1.15 bits per heavy atom. The number of aromatic nitrogens is 1. The molecule has 2 aromatic rings. The molecule has 178 valence electrons. The quantitative estimate of drug-likeness (QED) is 0.678. The van der Waals surface area contributed by atoms with Crippen molar-refractivity contribution in [2.24, 2.45) is 0 Å². The van der Waals surface area contributed by atoms with Gasteiger partial charge in [-0.25, -0.2) is 0 Å². The van der Waals surface area contributed by atoms with E-state index in [2.05, 4.69) is 5.32 Å². The molecule has 0 aliphatic carbocycles. The van der Waals surface area contributed by atoms with Crippen molar-refractivity contribution in [3.05, 3.63) is 64.5 Å². The number of carbonyl (C=O) groups is 1. The predicted molar refractivity (Wildman–Crippen MR) is 119 cm³/mol. The second-order valence-electron chi connectivity index (χ2n) is 8.94. The summed E-state index contributed by atoms with van der Waals surface area (Å²) in [5.41, 5.74) is 1.95. The summed E-state index contributed by atoms with van der Waals surface area (Å²) >= 11 is 0. The van der Waals surface area contributed by atoms with Gasteiger partial charge in [-0.2, -0.15) is 13.2 Å². The van der Waals surface area contributed by atoms with Crippen molar-refractivity contribution in [2.45, 2.75) is 57.3 Å². The predicted octanol–water partition coefficient (Wildman–Crippen LogP) is 4.70. The molecule has 1 N–H and O–H groups in total. The summed E-state index contributed by atoms with van der Waals surface area (Å²) in [6.45, 7) is 4.71. The van der Waals surface area contributed by atoms with Gasteiger partial charge in [0.1, 0.15) is 0 Å². The van der Waals surface area contributed by atoms with E-state index in [0.29, 0.717) is 30.8 Å². The number of amides is 1. The topological polar surface area (TPSA) is 54.5 Å². The Balaban J connectivity index is 1.40. The third-order valence-electron chi connectivity index (χ3n) is 6.51. The molecule has 1 amide bonds. The number of rotatable bonds is 6. The summed E-state index contributed by atoms with van der Waals surface area (Å²) in [6, 6.07) is 9.43. The largest absolute Gasteiger partial charge is 0.416 e. The lowest BCUT2D eigenvalue weighted by Crippen LogP contribution is -2.35. The van der Waals surface area contributed by atoms with Gasteiger partial charge in [-0.1, -0.05) is 18.2 Å². The van der Waals surface area contributed by atoms with Crippen LogP contribution in [0.3, 0.4) is 0 Å². The molecule has 4 rings (SSSR count). The lowest BCUT2D eigenvalue weighted by atomic mass is 9.89. The Morgan fingerprint density at radius 3 is 2.61 bits per heavy atom. The minimum absolute atomic E-state index is 0.0682. The molecule has 0 bridgehead atoms. The molecule has 2 aliphatic rings. The zero-order chi connectivity index (χ0) is 23.4. The number of alkyl halides is 3. The summed E-state index contributed by atoms with van der Waals surface area (Å²) in [5.74, 6) is -0.0444. The van der Waals surface area contributed by atoms with E-state index in [4.69, 9.17) is 9.72 Å². The minimum atomic E-state index is -4.35. The van der Waals surface area contributed by atoms with Crippen LogP contribution in [0.5, 0.6) is 0 Å². The van der Waals surface area contributed by atoms with Crippen molar-refractivity contribution in [2.75, 3.05) is 26.2 Å². The van der Waals surface area contributed by atoms with E-state index in [1.165, 1.54) is 6.07 Å². The number of hydrogen-bond donors (Lipinski definition) is 1. The lowest BCUT2D eigenvalue weighted by molar-refractivity contribution is -0.138. The number of hydrogen-bond acceptors (Lipinski definition) is 4. The first-order valence-corrected chi connectivity index (χ1v) is 11.6. The molecule has 1 aromatic carbocycles. The summed E-state index contributed by atoms with van der Waals surface area (Å²) in [6.07, 6.45) is -0.822. The number of nitrogens with zero attached hydrogens (tertiary/aromatic N) is 2. The van der Waals surface area contributed by atoms with E-state index >= 15 is 0 Å². The molecule has 5 nitrogen and oxygen atoms in total. The molecule has 3 heterocycles. The number of pyridine rings is 1. The Hall–Kier alpha value is -2.45. The Labute approximate surface area is 192 Å². The zero-order valence-corrected chi connectivity index (χ0v) is 18.8. The molecule has 33 heavy (non-hydrogen) atoms. The first-order chi connectivity index (χ1) is 15.8. The number of carbonyl (C=O) groups excluding carboxylic acids is 1. The highest BCUT2D eigenvalue weighted by atomic mass is 19.4. The first kappa shape index (κ1) is 23.7. The standard InChI is InChI=1S/C25H30F3N3O2/c1-17-8-9-21(24(32)29-15-20-6-4-14-33-20)23(30-17)18-10-12-31(13-11-18)16-19-5-2-3-7-22(19)25(26,27)28/h2-3,5,7-9,18,20H,4,6,10-16H2,1H3,(H,29,32)/t20-/m0/s1. The van der Waals surface area contributed by atoms with E-state index in [0.717, 1.165) is 49.7 Å². The highest BCUT2D eigenvalue weighted by molar-refractivity contribution is 5.95. The van der Waals surface area contributed by atoms with Gasteiger partial charge in [0.05, 0.1) is 22.9 Å². The Bertz CT molecular complexity index is 966. The van der Waals surface area contributed by atoms with Gasteiger partial charge in [0.25, 0.3) is 5.91 Å². The molecule has 2 fully saturated rings. The van der Waals surface area contributed by atoms with E-state index < -0.39 is 11.7 Å². The van der Waals surface area contributed by atoms with Crippen LogP contribution in [0.4, 0.5) is 13.2 Å². The van der Waals surface area contributed by atoms with Gasteiger partial charge in [0.15, 0.2) is 0 Å². The summed E-state index contributed by atoms with van der Waals surface area (Å²) in [4.78, 5) is 19.6. The Kier molecular flexibility index (Phi) is 7.34. The monoisotopic (exact) mass is 461 g/mol. The number of nitrogens with one attached hydrogen (secondary N) is 1. The highest BCUT2D eigenvalue weighted by Crippen LogP contribution is 2.34. The van der Waals surface area contributed by atoms with Crippen LogP contribution in [0.2, 0.25) is 0 Å². The van der Waals surface area contributed by atoms with Gasteiger partial charge < -0.3 is 10.1 Å². The molecular formula is C25H30F3N3O2. The van der Waals surface area contributed by atoms with E-state index in [1.807, 2.05) is 24.0 Å². The number of benzene rings is 1. The number of ether oxygens (including phenoxy) is 1. The molecule has 1 atom stereocenters. The molecule has 0 unspecified atom stereocenters. The third kappa shape index (κ3) is 5.92. The highest BCUT2D eigenvalue weighted by Gasteiger charge is 2.34. The average molecular weight is 462 g/mol. The fraction of sp³-hybridized carbons (Fsp3) is 0.520. The van der Waals surface area contributed by atoms with Crippen molar-refractivity contribution in [1.82, 2.24) is 15.2 Å². The summed E-state index contributed by atoms with van der Waals surface area (Å²) in [7, 11) is 0. The van der Waals surface area contributed by atoms with Crippen molar-refractivity contribution >= 4 is 5.91 Å². The van der Waals surface area contributed by atoms with Crippen LogP contribution in [0.1, 0.15) is 64.5 Å². The van der Waals surface area contributed by atoms with Gasteiger partial charge in [-0.15, -0.1) is 0 Å². The molecule has 0 radical (unpaired) electrons. The van der Waals surface area contributed by atoms with Gasteiger partial charge in [0.2, 0.25) is 0 Å². The van der Waals surface area contributed by atoms with Crippen LogP contribution in [-0.2, 0) is 17.5 Å². The second-order valence-corrected chi connectivity index (χ2v) is 8.94. The van der Waals surface area contributed by atoms with Gasteiger partial charge in [0, 0.05) is 31.3 Å². The van der Waals surface area contributed by atoms with Crippen LogP contribution in [0.25, 0.3) is 0 Å². The number of piperidine rings is 1. The van der Waals surface area contributed by atoms with Crippen molar-refractivity contribution in [3.63, 3.8) is 0 Å². The number of halogens is 3.